The van der Waals surface area contributed by atoms with E-state index in [9.17, 15) is 14.4 Å². The molecule has 8 nitrogen and oxygen atoms in total. The van der Waals surface area contributed by atoms with Crippen molar-refractivity contribution in [1.29, 1.82) is 0 Å². The standard InChI is InChI=1S/C21H22N4O4S/c1-29-12-4-11-25-20(28)16-5-2-3-6-17(16)24-21(25)30-13-18(26)23-15-9-7-14(8-10-15)19(22)27/h2-3,5-10H,4,11-13H2,1H3,(H2,22,27)(H,23,26). The number of thioether (sulfide) groups is 1. The molecule has 30 heavy (non-hydrogen) atoms. The van der Waals surface area contributed by atoms with Crippen LogP contribution in [0, 0.1) is 0 Å². The summed E-state index contributed by atoms with van der Waals surface area (Å²) in [5.41, 5.74) is 6.58. The molecule has 9 heteroatoms. The number of nitrogens with two attached hydrogens (primary N) is 1. The Balaban J connectivity index is 1.75. The molecule has 0 aliphatic rings. The number of amides is 2. The van der Waals surface area contributed by atoms with Crippen LogP contribution in [0.3, 0.4) is 0 Å². The second kappa shape index (κ2) is 10.0. The van der Waals surface area contributed by atoms with E-state index in [0.29, 0.717) is 46.9 Å². The van der Waals surface area contributed by atoms with Gasteiger partial charge in [0.1, 0.15) is 0 Å². The molecule has 0 atom stereocenters. The first-order valence-corrected chi connectivity index (χ1v) is 10.3. The van der Waals surface area contributed by atoms with Gasteiger partial charge >= 0.3 is 0 Å². The zero-order valence-electron chi connectivity index (χ0n) is 16.5. The summed E-state index contributed by atoms with van der Waals surface area (Å²) in [6.45, 7) is 0.966. The number of carbonyl (C=O) groups excluding carboxylic acids is 2. The molecular formula is C21H22N4O4S. The van der Waals surface area contributed by atoms with Crippen LogP contribution in [0.2, 0.25) is 0 Å². The van der Waals surface area contributed by atoms with Crippen molar-refractivity contribution in [2.24, 2.45) is 5.73 Å². The van der Waals surface area contributed by atoms with Crippen LogP contribution < -0.4 is 16.6 Å². The van der Waals surface area contributed by atoms with Crippen LogP contribution in [0.1, 0.15) is 16.8 Å². The molecule has 3 N–H and O–H groups in total. The summed E-state index contributed by atoms with van der Waals surface area (Å²) < 4.78 is 6.67. The van der Waals surface area contributed by atoms with Gasteiger partial charge in [-0.1, -0.05) is 23.9 Å². The number of carbonyl (C=O) groups is 2. The third kappa shape index (κ3) is 5.25. The van der Waals surface area contributed by atoms with Crippen molar-refractivity contribution in [1.82, 2.24) is 9.55 Å². The minimum atomic E-state index is -0.530. The first kappa shape index (κ1) is 21.5. The average Bonchev–Trinajstić information content (AvgIpc) is 2.74. The molecular weight excluding hydrogens is 404 g/mol. The minimum Gasteiger partial charge on any atom is -0.385 e. The van der Waals surface area contributed by atoms with E-state index in [1.165, 1.54) is 11.8 Å². The fourth-order valence-electron chi connectivity index (χ4n) is 2.87. The van der Waals surface area contributed by atoms with E-state index in [1.54, 1.807) is 54.1 Å². The van der Waals surface area contributed by atoms with Crippen LogP contribution in [0.25, 0.3) is 10.9 Å². The summed E-state index contributed by atoms with van der Waals surface area (Å²) >= 11 is 1.19. The van der Waals surface area contributed by atoms with E-state index in [2.05, 4.69) is 10.3 Å². The van der Waals surface area contributed by atoms with Crippen molar-refractivity contribution >= 4 is 40.2 Å². The zero-order valence-corrected chi connectivity index (χ0v) is 17.3. The van der Waals surface area contributed by atoms with Gasteiger partial charge in [-0.15, -0.1) is 0 Å². The topological polar surface area (TPSA) is 116 Å². The zero-order chi connectivity index (χ0) is 21.5. The lowest BCUT2D eigenvalue weighted by atomic mass is 10.2. The molecule has 2 amide bonds. The van der Waals surface area contributed by atoms with Gasteiger partial charge in [-0.05, 0) is 42.8 Å². The number of nitrogens with zero attached hydrogens (tertiary/aromatic N) is 2. The fourth-order valence-corrected chi connectivity index (χ4v) is 3.69. The van der Waals surface area contributed by atoms with Gasteiger partial charge in [-0.2, -0.15) is 0 Å². The monoisotopic (exact) mass is 426 g/mol. The van der Waals surface area contributed by atoms with Crippen molar-refractivity contribution in [3.8, 4) is 0 Å². The quantitative estimate of drug-likeness (QED) is 0.308. The maximum atomic E-state index is 12.9. The first-order chi connectivity index (χ1) is 14.5. The highest BCUT2D eigenvalue weighted by molar-refractivity contribution is 7.99. The van der Waals surface area contributed by atoms with Gasteiger partial charge in [-0.3, -0.25) is 19.0 Å². The van der Waals surface area contributed by atoms with Crippen LogP contribution in [0.4, 0.5) is 5.69 Å². The third-order valence-electron chi connectivity index (χ3n) is 4.34. The molecule has 0 saturated heterocycles. The van der Waals surface area contributed by atoms with Crippen LogP contribution in [0.15, 0.2) is 58.5 Å². The number of hydrogen-bond acceptors (Lipinski definition) is 6. The van der Waals surface area contributed by atoms with Gasteiger partial charge in [0.05, 0.1) is 16.7 Å². The van der Waals surface area contributed by atoms with Crippen molar-refractivity contribution in [3.05, 3.63) is 64.4 Å². The van der Waals surface area contributed by atoms with Crippen LogP contribution in [0.5, 0.6) is 0 Å². The summed E-state index contributed by atoms with van der Waals surface area (Å²) in [7, 11) is 1.61. The SMILES string of the molecule is COCCCn1c(SCC(=O)Nc2ccc(C(N)=O)cc2)nc2ccccc2c1=O. The van der Waals surface area contributed by atoms with Crippen molar-refractivity contribution in [2.75, 3.05) is 24.8 Å². The van der Waals surface area contributed by atoms with Gasteiger partial charge in [0.25, 0.3) is 5.56 Å². The third-order valence-corrected chi connectivity index (χ3v) is 5.32. The summed E-state index contributed by atoms with van der Waals surface area (Å²) in [5, 5.41) is 3.78. The van der Waals surface area contributed by atoms with E-state index in [0.717, 1.165) is 0 Å². The Morgan fingerprint density at radius 2 is 1.90 bits per heavy atom. The summed E-state index contributed by atoms with van der Waals surface area (Å²) in [6.07, 6.45) is 0.655. The molecule has 0 aliphatic heterocycles. The van der Waals surface area contributed by atoms with Crippen molar-refractivity contribution < 1.29 is 14.3 Å². The van der Waals surface area contributed by atoms with Gasteiger partial charge in [0, 0.05) is 31.5 Å². The average molecular weight is 426 g/mol. The number of aromatic nitrogens is 2. The molecule has 0 saturated carbocycles. The summed E-state index contributed by atoms with van der Waals surface area (Å²) in [4.78, 5) is 41.0. The molecule has 0 fully saturated rings. The van der Waals surface area contributed by atoms with Gasteiger partial charge in [0.15, 0.2) is 5.16 Å². The number of para-hydroxylation sites is 1. The number of hydrogen-bond donors (Lipinski definition) is 2. The molecule has 2 aromatic carbocycles. The molecule has 1 heterocycles. The van der Waals surface area contributed by atoms with Crippen LogP contribution in [-0.2, 0) is 16.1 Å². The number of benzene rings is 2. The Bertz CT molecular complexity index is 1110. The molecule has 3 rings (SSSR count). The maximum Gasteiger partial charge on any atom is 0.262 e. The highest BCUT2D eigenvalue weighted by Crippen LogP contribution is 2.19. The lowest BCUT2D eigenvalue weighted by Crippen LogP contribution is -2.25. The van der Waals surface area contributed by atoms with Gasteiger partial charge < -0.3 is 15.8 Å². The number of methoxy groups -OCH3 is 1. The lowest BCUT2D eigenvalue weighted by Gasteiger charge is -2.13. The second-order valence-electron chi connectivity index (χ2n) is 6.49. The van der Waals surface area contributed by atoms with Crippen LogP contribution >= 0.6 is 11.8 Å². The van der Waals surface area contributed by atoms with Gasteiger partial charge in [-0.25, -0.2) is 4.98 Å². The van der Waals surface area contributed by atoms with Gasteiger partial charge in [0.2, 0.25) is 11.8 Å². The minimum absolute atomic E-state index is 0.0760. The Morgan fingerprint density at radius 3 is 2.60 bits per heavy atom. The lowest BCUT2D eigenvalue weighted by molar-refractivity contribution is -0.113. The number of ether oxygens (including phenoxy) is 1. The predicted molar refractivity (Wildman–Crippen MR) is 117 cm³/mol. The van der Waals surface area contributed by atoms with E-state index < -0.39 is 5.91 Å². The van der Waals surface area contributed by atoms with E-state index in [1.807, 2.05) is 6.07 Å². The van der Waals surface area contributed by atoms with Crippen LogP contribution in [-0.4, -0.2) is 40.8 Å². The molecule has 1 aromatic heterocycles. The van der Waals surface area contributed by atoms with E-state index >= 15 is 0 Å². The molecule has 0 spiro atoms. The summed E-state index contributed by atoms with van der Waals surface area (Å²) in [6, 6.07) is 13.5. The second-order valence-corrected chi connectivity index (χ2v) is 7.44. The molecule has 3 aromatic rings. The van der Waals surface area contributed by atoms with Crippen molar-refractivity contribution in [2.45, 2.75) is 18.1 Å². The summed E-state index contributed by atoms with van der Waals surface area (Å²) in [5.74, 6) is -0.706. The largest absolute Gasteiger partial charge is 0.385 e. The van der Waals surface area contributed by atoms with Crippen molar-refractivity contribution in [3.63, 3.8) is 0 Å². The molecule has 156 valence electrons. The number of rotatable bonds is 9. The highest BCUT2D eigenvalue weighted by atomic mass is 32.2. The normalized spacial score (nSPS) is 10.8. The first-order valence-electron chi connectivity index (χ1n) is 9.30. The number of primary amides is 1. The number of fused-ring (bicyclic) bond motifs is 1. The number of anilines is 1. The molecule has 0 bridgehead atoms. The maximum absolute atomic E-state index is 12.9. The Labute approximate surface area is 177 Å². The molecule has 0 radical (unpaired) electrons. The van der Waals surface area contributed by atoms with E-state index in [4.69, 9.17) is 10.5 Å². The fraction of sp³-hybridized carbons (Fsp3) is 0.238. The Hall–Kier alpha value is -3.17. The highest BCUT2D eigenvalue weighted by Gasteiger charge is 2.13. The predicted octanol–water partition coefficient (Wildman–Crippen LogP) is 2.26. The Kier molecular flexibility index (Phi) is 7.21. The smallest absolute Gasteiger partial charge is 0.262 e. The van der Waals surface area contributed by atoms with E-state index in [-0.39, 0.29) is 17.2 Å². The Morgan fingerprint density at radius 1 is 1.17 bits per heavy atom. The molecule has 0 unspecified atom stereocenters. The molecule has 0 aliphatic carbocycles. The number of nitrogens with one attached hydrogen (secondary N) is 1.